The van der Waals surface area contributed by atoms with Crippen LogP contribution in [0.1, 0.15) is 11.8 Å². The summed E-state index contributed by atoms with van der Waals surface area (Å²) < 4.78 is 5.40. The van der Waals surface area contributed by atoms with Crippen LogP contribution in [-0.2, 0) is 9.59 Å². The third kappa shape index (κ3) is 4.68. The first-order chi connectivity index (χ1) is 13.1. The van der Waals surface area contributed by atoms with Crippen molar-refractivity contribution in [2.75, 3.05) is 43.5 Å². The number of nitrogens with zero attached hydrogens (tertiary/aromatic N) is 2. The van der Waals surface area contributed by atoms with Crippen molar-refractivity contribution in [2.45, 2.75) is 6.92 Å². The van der Waals surface area contributed by atoms with E-state index in [-0.39, 0.29) is 5.91 Å². The Hall–Kier alpha value is -2.80. The summed E-state index contributed by atoms with van der Waals surface area (Å²) in [6, 6.07) is 9.68. The van der Waals surface area contributed by atoms with Gasteiger partial charge in [-0.15, -0.1) is 11.3 Å². The Morgan fingerprint density at radius 2 is 2.00 bits per heavy atom. The molecule has 7 heteroatoms. The maximum atomic E-state index is 12.6. The molecule has 0 unspecified atom stereocenters. The molecule has 0 saturated carbocycles. The largest absolute Gasteiger partial charge is 0.495 e. The standard InChI is InChI=1S/C20H23N3O3S/c1-15(12-17-4-3-11-27-17)20(25)21-18-13-16(5-6-19(18)26-2)23-9-7-22(14-24)8-10-23/h3-6,11-14H,7-10H2,1-2H3,(H,21,25)/b15-12+. The minimum absolute atomic E-state index is 0.162. The van der Waals surface area contributed by atoms with Crippen LogP contribution in [0.3, 0.4) is 0 Å². The molecule has 0 atom stereocenters. The van der Waals surface area contributed by atoms with Crippen LogP contribution in [0, 0.1) is 0 Å². The van der Waals surface area contributed by atoms with E-state index in [1.54, 1.807) is 30.3 Å². The zero-order valence-corrected chi connectivity index (χ0v) is 16.3. The van der Waals surface area contributed by atoms with Gasteiger partial charge in [0.05, 0.1) is 12.8 Å². The molecule has 2 heterocycles. The number of hydrogen-bond donors (Lipinski definition) is 1. The topological polar surface area (TPSA) is 61.9 Å². The Balaban J connectivity index is 1.76. The van der Waals surface area contributed by atoms with E-state index in [0.717, 1.165) is 30.1 Å². The summed E-state index contributed by atoms with van der Waals surface area (Å²) in [5.41, 5.74) is 2.26. The van der Waals surface area contributed by atoms with Crippen LogP contribution in [-0.4, -0.2) is 50.5 Å². The molecule has 1 fully saturated rings. The van der Waals surface area contributed by atoms with Crippen LogP contribution in [0.2, 0.25) is 0 Å². The van der Waals surface area contributed by atoms with Crippen molar-refractivity contribution in [1.29, 1.82) is 0 Å². The van der Waals surface area contributed by atoms with Gasteiger partial charge in [-0.2, -0.15) is 0 Å². The van der Waals surface area contributed by atoms with E-state index in [2.05, 4.69) is 10.2 Å². The van der Waals surface area contributed by atoms with Crippen LogP contribution in [0.15, 0.2) is 41.3 Å². The zero-order chi connectivity index (χ0) is 19.2. The van der Waals surface area contributed by atoms with Crippen molar-refractivity contribution in [1.82, 2.24) is 4.90 Å². The van der Waals surface area contributed by atoms with Gasteiger partial charge in [-0.1, -0.05) is 6.07 Å². The number of carbonyl (C=O) groups excluding carboxylic acids is 2. The van der Waals surface area contributed by atoms with Crippen LogP contribution < -0.4 is 15.0 Å². The second-order valence-electron chi connectivity index (χ2n) is 6.31. The normalized spacial score (nSPS) is 14.8. The Bertz CT molecular complexity index is 825. The lowest BCUT2D eigenvalue weighted by Crippen LogP contribution is -2.45. The second kappa shape index (κ2) is 8.73. The number of benzene rings is 1. The quantitative estimate of drug-likeness (QED) is 0.613. The molecular formula is C20H23N3O3S. The fraction of sp³-hybridized carbons (Fsp3) is 0.300. The minimum Gasteiger partial charge on any atom is -0.495 e. The molecule has 1 aliphatic heterocycles. The van der Waals surface area contributed by atoms with E-state index in [1.807, 2.05) is 41.8 Å². The number of carbonyl (C=O) groups is 2. The molecule has 1 N–H and O–H groups in total. The summed E-state index contributed by atoms with van der Waals surface area (Å²) in [7, 11) is 1.59. The lowest BCUT2D eigenvalue weighted by Gasteiger charge is -2.34. The van der Waals surface area contributed by atoms with Gasteiger partial charge in [0, 0.05) is 42.3 Å². The van der Waals surface area contributed by atoms with Crippen LogP contribution >= 0.6 is 11.3 Å². The molecular weight excluding hydrogens is 362 g/mol. The smallest absolute Gasteiger partial charge is 0.251 e. The van der Waals surface area contributed by atoms with Gasteiger partial charge < -0.3 is 19.9 Å². The fourth-order valence-electron chi connectivity index (χ4n) is 2.95. The van der Waals surface area contributed by atoms with Crippen molar-refractivity contribution < 1.29 is 14.3 Å². The van der Waals surface area contributed by atoms with Crippen molar-refractivity contribution >= 4 is 41.1 Å². The van der Waals surface area contributed by atoms with Gasteiger partial charge in [0.2, 0.25) is 6.41 Å². The third-order valence-corrected chi connectivity index (χ3v) is 5.34. The molecule has 27 heavy (non-hydrogen) atoms. The number of methoxy groups -OCH3 is 1. The van der Waals surface area contributed by atoms with E-state index in [1.165, 1.54) is 0 Å². The average molecular weight is 385 g/mol. The first-order valence-electron chi connectivity index (χ1n) is 8.76. The number of hydrogen-bond acceptors (Lipinski definition) is 5. The van der Waals surface area contributed by atoms with Crippen LogP contribution in [0.25, 0.3) is 6.08 Å². The molecule has 6 nitrogen and oxygen atoms in total. The Morgan fingerprint density at radius 3 is 2.63 bits per heavy atom. The summed E-state index contributed by atoms with van der Waals surface area (Å²) >= 11 is 1.59. The molecule has 1 aliphatic rings. The SMILES string of the molecule is COc1ccc(N2CCN(C=O)CC2)cc1NC(=O)/C(C)=C/c1cccs1. The van der Waals surface area contributed by atoms with E-state index < -0.39 is 0 Å². The summed E-state index contributed by atoms with van der Waals surface area (Å²) in [4.78, 5) is 28.5. The van der Waals surface area contributed by atoms with Crippen molar-refractivity contribution in [3.05, 3.63) is 46.2 Å². The monoisotopic (exact) mass is 385 g/mol. The summed E-state index contributed by atoms with van der Waals surface area (Å²) in [6.07, 6.45) is 2.76. The van der Waals surface area contributed by atoms with Crippen molar-refractivity contribution in [2.24, 2.45) is 0 Å². The Kier molecular flexibility index (Phi) is 6.13. The maximum Gasteiger partial charge on any atom is 0.251 e. The highest BCUT2D eigenvalue weighted by molar-refractivity contribution is 7.10. The number of amides is 2. The molecule has 1 aromatic carbocycles. The first-order valence-corrected chi connectivity index (χ1v) is 9.64. The second-order valence-corrected chi connectivity index (χ2v) is 7.29. The number of nitrogens with one attached hydrogen (secondary N) is 1. The highest BCUT2D eigenvalue weighted by Gasteiger charge is 2.18. The fourth-order valence-corrected chi connectivity index (χ4v) is 3.67. The number of ether oxygens (including phenoxy) is 1. The highest BCUT2D eigenvalue weighted by Crippen LogP contribution is 2.30. The lowest BCUT2D eigenvalue weighted by molar-refractivity contribution is -0.118. The molecule has 0 radical (unpaired) electrons. The maximum absolute atomic E-state index is 12.6. The van der Waals surface area contributed by atoms with Gasteiger partial charge in [-0.3, -0.25) is 9.59 Å². The van der Waals surface area contributed by atoms with Gasteiger partial charge in [-0.25, -0.2) is 0 Å². The first kappa shape index (κ1) is 19.0. The molecule has 0 spiro atoms. The molecule has 3 rings (SSSR count). The number of thiophene rings is 1. The van der Waals surface area contributed by atoms with Gasteiger partial charge in [0.15, 0.2) is 0 Å². The van der Waals surface area contributed by atoms with E-state index >= 15 is 0 Å². The molecule has 0 bridgehead atoms. The van der Waals surface area contributed by atoms with E-state index in [4.69, 9.17) is 4.74 Å². The number of anilines is 2. The van der Waals surface area contributed by atoms with Gasteiger partial charge in [-0.05, 0) is 42.6 Å². The molecule has 142 valence electrons. The third-order valence-electron chi connectivity index (χ3n) is 4.52. The van der Waals surface area contributed by atoms with Gasteiger partial charge in [0.1, 0.15) is 5.75 Å². The molecule has 2 amide bonds. The van der Waals surface area contributed by atoms with Crippen molar-refractivity contribution in [3.8, 4) is 5.75 Å². The summed E-state index contributed by atoms with van der Waals surface area (Å²) in [6.45, 7) is 4.70. The van der Waals surface area contributed by atoms with Gasteiger partial charge in [0.25, 0.3) is 5.91 Å². The predicted molar refractivity (Wildman–Crippen MR) is 109 cm³/mol. The summed E-state index contributed by atoms with van der Waals surface area (Å²) in [5, 5.41) is 4.93. The lowest BCUT2D eigenvalue weighted by atomic mass is 10.2. The van der Waals surface area contributed by atoms with Gasteiger partial charge >= 0.3 is 0 Å². The predicted octanol–water partition coefficient (Wildman–Crippen LogP) is 3.08. The molecule has 1 aromatic heterocycles. The van der Waals surface area contributed by atoms with E-state index in [9.17, 15) is 9.59 Å². The average Bonchev–Trinajstić information content (AvgIpc) is 3.21. The Labute approximate surface area is 163 Å². The highest BCUT2D eigenvalue weighted by atomic mass is 32.1. The van der Waals surface area contributed by atoms with Crippen LogP contribution in [0.5, 0.6) is 5.75 Å². The molecule has 2 aromatic rings. The number of rotatable bonds is 6. The Morgan fingerprint density at radius 1 is 1.22 bits per heavy atom. The summed E-state index contributed by atoms with van der Waals surface area (Å²) in [5.74, 6) is 0.451. The number of piperazine rings is 1. The van der Waals surface area contributed by atoms with E-state index in [0.29, 0.717) is 30.1 Å². The zero-order valence-electron chi connectivity index (χ0n) is 15.5. The van der Waals surface area contributed by atoms with Crippen molar-refractivity contribution in [3.63, 3.8) is 0 Å². The minimum atomic E-state index is -0.162. The molecule has 0 aliphatic carbocycles. The molecule has 1 saturated heterocycles. The van der Waals surface area contributed by atoms with Crippen LogP contribution in [0.4, 0.5) is 11.4 Å².